The molecular formula is C17H15ClO3. The van der Waals surface area contributed by atoms with E-state index >= 15 is 0 Å². The van der Waals surface area contributed by atoms with Crippen molar-refractivity contribution in [3.8, 4) is 11.5 Å². The molecule has 1 aliphatic rings. The third-order valence-corrected chi connectivity index (χ3v) is 4.54. The molecule has 0 spiro atoms. The van der Waals surface area contributed by atoms with Crippen LogP contribution < -0.4 is 0 Å². The van der Waals surface area contributed by atoms with Gasteiger partial charge in [-0.05, 0) is 17.2 Å². The molecule has 0 radical (unpaired) electrons. The van der Waals surface area contributed by atoms with Crippen LogP contribution in [0.25, 0.3) is 0 Å². The maximum Gasteiger partial charge on any atom is 0.201 e. The van der Waals surface area contributed by atoms with E-state index in [-0.39, 0.29) is 34.3 Å². The second-order valence-electron chi connectivity index (χ2n) is 5.78. The van der Waals surface area contributed by atoms with E-state index in [1.165, 1.54) is 6.07 Å². The third-order valence-electron chi connectivity index (χ3n) is 4.25. The van der Waals surface area contributed by atoms with Gasteiger partial charge in [0.2, 0.25) is 5.78 Å². The lowest BCUT2D eigenvalue weighted by molar-refractivity contribution is 0.102. The predicted molar refractivity (Wildman–Crippen MR) is 81.3 cm³/mol. The number of phenolic OH excluding ortho intramolecular Hbond substituents is 2. The number of carbonyl (C=O) groups excluding carboxylic acids is 1. The molecule has 0 fully saturated rings. The smallest absolute Gasteiger partial charge is 0.201 e. The normalized spacial score (nSPS) is 15.5. The molecular weight excluding hydrogens is 288 g/mol. The quantitative estimate of drug-likeness (QED) is 0.790. The molecule has 0 aromatic heterocycles. The summed E-state index contributed by atoms with van der Waals surface area (Å²) in [6.45, 7) is 3.94. The summed E-state index contributed by atoms with van der Waals surface area (Å²) in [6.07, 6.45) is 0. The minimum absolute atomic E-state index is 0.0631. The molecule has 3 nitrogen and oxygen atoms in total. The average Bonchev–Trinajstić information content (AvgIpc) is 2.44. The highest BCUT2D eigenvalue weighted by atomic mass is 35.5. The van der Waals surface area contributed by atoms with Crippen LogP contribution >= 0.6 is 11.6 Å². The number of benzene rings is 2. The molecule has 4 heteroatoms. The molecule has 0 aliphatic heterocycles. The van der Waals surface area contributed by atoms with Crippen molar-refractivity contribution in [2.45, 2.75) is 25.1 Å². The number of carbonyl (C=O) groups is 1. The van der Waals surface area contributed by atoms with Crippen molar-refractivity contribution in [1.82, 2.24) is 0 Å². The fourth-order valence-electron chi connectivity index (χ4n) is 3.06. The Bertz CT molecular complexity index is 763. The van der Waals surface area contributed by atoms with Gasteiger partial charge in [-0.3, -0.25) is 4.79 Å². The van der Waals surface area contributed by atoms with Crippen molar-refractivity contribution in [2.24, 2.45) is 0 Å². The molecule has 108 valence electrons. The molecule has 0 amide bonds. The minimum Gasteiger partial charge on any atom is -0.507 e. The standard InChI is InChI=1S/C17H15ClO3/c1-17(2)10-4-3-5-12(19)13(10)16(21)14-11(17)7-6-9(8-18)15(14)20/h3-7,19-20H,8H2,1-2H3. The first-order chi connectivity index (χ1) is 9.89. The number of aromatic hydroxyl groups is 2. The van der Waals surface area contributed by atoms with Crippen LogP contribution in [0.15, 0.2) is 30.3 Å². The van der Waals surface area contributed by atoms with Crippen LogP contribution in [-0.4, -0.2) is 16.0 Å². The number of rotatable bonds is 1. The van der Waals surface area contributed by atoms with Crippen LogP contribution in [0.1, 0.15) is 46.5 Å². The fraction of sp³-hybridized carbons (Fsp3) is 0.235. The topological polar surface area (TPSA) is 57.5 Å². The maximum absolute atomic E-state index is 12.7. The molecule has 2 N–H and O–H groups in total. The van der Waals surface area contributed by atoms with E-state index in [0.29, 0.717) is 5.56 Å². The zero-order valence-corrected chi connectivity index (χ0v) is 12.5. The van der Waals surface area contributed by atoms with Gasteiger partial charge in [-0.2, -0.15) is 0 Å². The van der Waals surface area contributed by atoms with Gasteiger partial charge in [0.05, 0.1) is 17.0 Å². The summed E-state index contributed by atoms with van der Waals surface area (Å²) in [5.41, 5.74) is 2.04. The summed E-state index contributed by atoms with van der Waals surface area (Å²) >= 11 is 5.80. The largest absolute Gasteiger partial charge is 0.507 e. The van der Waals surface area contributed by atoms with E-state index < -0.39 is 5.41 Å². The first-order valence-electron chi connectivity index (χ1n) is 6.68. The SMILES string of the molecule is CC1(C)c2cccc(O)c2C(=O)c2c1ccc(CCl)c2O. The zero-order valence-electron chi connectivity index (χ0n) is 11.8. The highest BCUT2D eigenvalue weighted by molar-refractivity contribution is 6.19. The molecule has 2 aromatic rings. The Morgan fingerprint density at radius 2 is 1.71 bits per heavy atom. The van der Waals surface area contributed by atoms with Gasteiger partial charge in [0.15, 0.2) is 0 Å². The summed E-state index contributed by atoms with van der Waals surface area (Å²) in [5.74, 6) is -0.385. The van der Waals surface area contributed by atoms with Crippen LogP contribution in [0, 0.1) is 0 Å². The third kappa shape index (κ3) is 1.77. The lowest BCUT2D eigenvalue weighted by atomic mass is 9.68. The first kappa shape index (κ1) is 14.0. The molecule has 21 heavy (non-hydrogen) atoms. The van der Waals surface area contributed by atoms with Gasteiger partial charge in [-0.15, -0.1) is 11.6 Å². The number of ketones is 1. The Kier molecular flexibility index (Phi) is 2.99. The Hall–Kier alpha value is -2.00. The highest BCUT2D eigenvalue weighted by Gasteiger charge is 2.40. The summed E-state index contributed by atoms with van der Waals surface area (Å²) < 4.78 is 0. The molecule has 0 heterocycles. The van der Waals surface area contributed by atoms with Gasteiger partial charge in [0.1, 0.15) is 11.5 Å². The number of hydrogen-bond donors (Lipinski definition) is 2. The molecule has 0 saturated heterocycles. The number of fused-ring (bicyclic) bond motifs is 2. The van der Waals surface area contributed by atoms with Crippen molar-refractivity contribution < 1.29 is 15.0 Å². The number of hydrogen-bond acceptors (Lipinski definition) is 3. The van der Waals surface area contributed by atoms with Crippen LogP contribution in [0.3, 0.4) is 0 Å². The minimum atomic E-state index is -0.486. The van der Waals surface area contributed by atoms with Gasteiger partial charge in [0, 0.05) is 11.0 Å². The molecule has 3 rings (SSSR count). The van der Waals surface area contributed by atoms with E-state index in [2.05, 4.69) is 0 Å². The van der Waals surface area contributed by atoms with Gasteiger partial charge in [0.25, 0.3) is 0 Å². The van der Waals surface area contributed by atoms with Crippen LogP contribution in [0.5, 0.6) is 11.5 Å². The molecule has 0 saturated carbocycles. The molecule has 0 bridgehead atoms. The fourth-order valence-corrected chi connectivity index (χ4v) is 3.28. The average molecular weight is 303 g/mol. The Labute approximate surface area is 127 Å². The first-order valence-corrected chi connectivity index (χ1v) is 7.21. The van der Waals surface area contributed by atoms with Crippen molar-refractivity contribution in [2.75, 3.05) is 0 Å². The predicted octanol–water partition coefficient (Wildman–Crippen LogP) is 3.71. The van der Waals surface area contributed by atoms with E-state index in [0.717, 1.165) is 11.1 Å². The second-order valence-corrected chi connectivity index (χ2v) is 6.05. The summed E-state index contributed by atoms with van der Waals surface area (Å²) in [7, 11) is 0. The number of alkyl halides is 1. The van der Waals surface area contributed by atoms with Crippen LogP contribution in [0.2, 0.25) is 0 Å². The van der Waals surface area contributed by atoms with Crippen molar-refractivity contribution in [1.29, 1.82) is 0 Å². The summed E-state index contributed by atoms with van der Waals surface area (Å²) in [6, 6.07) is 8.62. The van der Waals surface area contributed by atoms with Crippen molar-refractivity contribution >= 4 is 17.4 Å². The Morgan fingerprint density at radius 3 is 2.38 bits per heavy atom. The number of halogens is 1. The zero-order chi connectivity index (χ0) is 15.4. The number of phenols is 2. The van der Waals surface area contributed by atoms with Crippen LogP contribution in [-0.2, 0) is 11.3 Å². The molecule has 0 atom stereocenters. The summed E-state index contributed by atoms with van der Waals surface area (Å²) in [4.78, 5) is 12.7. The molecule has 1 aliphatic carbocycles. The second kappa shape index (κ2) is 4.50. The summed E-state index contributed by atoms with van der Waals surface area (Å²) in [5, 5.41) is 20.4. The maximum atomic E-state index is 12.7. The van der Waals surface area contributed by atoms with Gasteiger partial charge < -0.3 is 10.2 Å². The van der Waals surface area contributed by atoms with E-state index in [4.69, 9.17) is 11.6 Å². The lowest BCUT2D eigenvalue weighted by Crippen LogP contribution is -2.30. The Morgan fingerprint density at radius 1 is 1.05 bits per heavy atom. The lowest BCUT2D eigenvalue weighted by Gasteiger charge is -2.35. The monoisotopic (exact) mass is 302 g/mol. The van der Waals surface area contributed by atoms with E-state index in [9.17, 15) is 15.0 Å². The van der Waals surface area contributed by atoms with Crippen molar-refractivity contribution in [3.63, 3.8) is 0 Å². The van der Waals surface area contributed by atoms with Gasteiger partial charge in [-0.25, -0.2) is 0 Å². The van der Waals surface area contributed by atoms with Crippen molar-refractivity contribution in [3.05, 3.63) is 58.1 Å². The molecule has 2 aromatic carbocycles. The van der Waals surface area contributed by atoms with Gasteiger partial charge >= 0.3 is 0 Å². The van der Waals surface area contributed by atoms with E-state index in [1.807, 2.05) is 26.0 Å². The van der Waals surface area contributed by atoms with E-state index in [1.54, 1.807) is 12.1 Å². The highest BCUT2D eigenvalue weighted by Crippen LogP contribution is 2.47. The Balaban J connectivity index is 2.40. The van der Waals surface area contributed by atoms with Crippen LogP contribution in [0.4, 0.5) is 0 Å². The molecule has 0 unspecified atom stereocenters. The van der Waals surface area contributed by atoms with Gasteiger partial charge in [-0.1, -0.05) is 38.1 Å².